The summed E-state index contributed by atoms with van der Waals surface area (Å²) in [4.78, 5) is 28.1. The molecule has 0 saturated heterocycles. The third-order valence-electron chi connectivity index (χ3n) is 5.95. The highest BCUT2D eigenvalue weighted by atomic mass is 19.1. The van der Waals surface area contributed by atoms with Crippen LogP contribution in [0.25, 0.3) is 5.69 Å². The number of carbonyl (C=O) groups is 1. The van der Waals surface area contributed by atoms with Crippen LogP contribution in [0, 0.1) is 19.7 Å². The van der Waals surface area contributed by atoms with E-state index in [9.17, 15) is 14.0 Å². The van der Waals surface area contributed by atoms with Crippen LogP contribution in [0.2, 0.25) is 0 Å². The molecule has 0 radical (unpaired) electrons. The van der Waals surface area contributed by atoms with Crippen LogP contribution in [0.1, 0.15) is 63.0 Å². The van der Waals surface area contributed by atoms with Crippen molar-refractivity contribution in [2.45, 2.75) is 66.5 Å². The van der Waals surface area contributed by atoms with Gasteiger partial charge in [-0.25, -0.2) is 18.7 Å². The maximum absolute atomic E-state index is 14.4. The van der Waals surface area contributed by atoms with Crippen LogP contribution in [0.5, 0.6) is 0 Å². The maximum atomic E-state index is 14.4. The lowest BCUT2D eigenvalue weighted by Crippen LogP contribution is -2.42. The number of benzene rings is 1. The van der Waals surface area contributed by atoms with Crippen LogP contribution in [-0.2, 0) is 16.0 Å². The number of ether oxygens (including phenoxy) is 1. The quantitative estimate of drug-likeness (QED) is 0.659. The fourth-order valence-electron chi connectivity index (χ4n) is 4.46. The Morgan fingerprint density at radius 1 is 1.24 bits per heavy atom. The number of anilines is 1. The minimum Gasteiger partial charge on any atom is -0.444 e. The number of hydrogen-bond donors (Lipinski definition) is 1. The lowest BCUT2D eigenvalue weighted by atomic mass is 9.99. The lowest BCUT2D eigenvalue weighted by molar-refractivity contribution is 0.0160. The Morgan fingerprint density at radius 3 is 2.47 bits per heavy atom. The maximum Gasteiger partial charge on any atom is 0.410 e. The second-order valence-corrected chi connectivity index (χ2v) is 9.85. The van der Waals surface area contributed by atoms with E-state index in [1.54, 1.807) is 46.7 Å². The van der Waals surface area contributed by atoms with E-state index in [-0.39, 0.29) is 17.7 Å². The van der Waals surface area contributed by atoms with Crippen molar-refractivity contribution >= 4 is 17.9 Å². The van der Waals surface area contributed by atoms with Crippen LogP contribution >= 0.6 is 0 Å². The van der Waals surface area contributed by atoms with Gasteiger partial charge in [0.1, 0.15) is 17.2 Å². The fourth-order valence-corrected chi connectivity index (χ4v) is 4.46. The molecule has 180 valence electrons. The molecule has 0 fully saturated rings. The molecule has 4 rings (SSSR count). The molecule has 1 amide bonds. The minimum atomic E-state index is -0.626. The predicted molar refractivity (Wildman–Crippen MR) is 127 cm³/mol. The van der Waals surface area contributed by atoms with Crippen molar-refractivity contribution in [1.82, 2.24) is 20.0 Å². The molecule has 0 spiro atoms. The van der Waals surface area contributed by atoms with Crippen LogP contribution in [0.15, 0.2) is 29.9 Å². The molecule has 2 aliphatic heterocycles. The molecule has 1 N–H and O–H groups in total. The molecule has 1 aromatic heterocycles. The average molecular weight is 468 g/mol. The molecule has 0 bridgehead atoms. The number of fused-ring (bicyclic) bond motifs is 1. The molecule has 1 atom stereocenters. The Balaban J connectivity index is 1.91. The van der Waals surface area contributed by atoms with E-state index in [4.69, 9.17) is 9.84 Å². The molecule has 34 heavy (non-hydrogen) atoms. The first-order chi connectivity index (χ1) is 15.9. The Kier molecular flexibility index (Phi) is 5.77. The molecule has 8 nitrogen and oxygen atoms in total. The number of amides is 1. The monoisotopic (exact) mass is 467 g/mol. The van der Waals surface area contributed by atoms with Gasteiger partial charge in [0.25, 0.3) is 0 Å². The number of allylic oxidation sites excluding steroid dienone is 1. The summed E-state index contributed by atoms with van der Waals surface area (Å²) in [6.07, 6.45) is 1.90. The molecule has 3 heterocycles. The van der Waals surface area contributed by atoms with Gasteiger partial charge >= 0.3 is 6.09 Å². The summed E-state index contributed by atoms with van der Waals surface area (Å²) in [7, 11) is 0. The summed E-state index contributed by atoms with van der Waals surface area (Å²) in [5.41, 5.74) is 3.41. The highest BCUT2D eigenvalue weighted by molar-refractivity contribution is 5.74. The van der Waals surface area contributed by atoms with Crippen LogP contribution in [0.3, 0.4) is 0 Å². The summed E-state index contributed by atoms with van der Waals surface area (Å²) in [5, 5.41) is 7.88. The predicted octanol–water partition coefficient (Wildman–Crippen LogP) is 4.43. The molecule has 1 aromatic carbocycles. The third kappa shape index (κ3) is 4.07. The van der Waals surface area contributed by atoms with E-state index in [0.717, 1.165) is 17.0 Å². The van der Waals surface area contributed by atoms with Crippen molar-refractivity contribution in [1.29, 1.82) is 0 Å². The largest absolute Gasteiger partial charge is 0.444 e. The van der Waals surface area contributed by atoms with Gasteiger partial charge in [-0.15, -0.1) is 0 Å². The van der Waals surface area contributed by atoms with Gasteiger partial charge in [-0.3, -0.25) is 4.90 Å². The van der Waals surface area contributed by atoms with Gasteiger partial charge in [-0.05, 0) is 71.7 Å². The van der Waals surface area contributed by atoms with Gasteiger partial charge in [0.15, 0.2) is 5.94 Å². The molecule has 0 saturated carbocycles. The Hall–Kier alpha value is -3.58. The SMILES string of the molecule is CC1=CN(c2c3c(nn2-c2cc(C)c(F)c(C)c2)CCN(C(=O)OC(C)(C)C)[C@H]3C)C(=C=O)N1. The highest BCUT2D eigenvalue weighted by Gasteiger charge is 2.38. The van der Waals surface area contributed by atoms with Gasteiger partial charge in [0, 0.05) is 30.4 Å². The summed E-state index contributed by atoms with van der Waals surface area (Å²) >= 11 is 0. The van der Waals surface area contributed by atoms with E-state index < -0.39 is 11.7 Å². The van der Waals surface area contributed by atoms with Crippen LogP contribution in [0.4, 0.5) is 15.0 Å². The number of rotatable bonds is 2. The standard InChI is InChI=1S/C25H30FN5O3/c1-14-10-18(11-15(2)22(14)26)31-23(30-12-16(3)27-20(30)13-32)21-17(4)29(9-8-19(21)28-31)24(33)34-25(5,6)7/h10-12,17,27H,8-9H2,1-7H3/t17-/m0/s1. The summed E-state index contributed by atoms with van der Waals surface area (Å²) in [6, 6.07) is 3.09. The van der Waals surface area contributed by atoms with Gasteiger partial charge < -0.3 is 15.0 Å². The van der Waals surface area contributed by atoms with Crippen molar-refractivity contribution in [3.63, 3.8) is 0 Å². The number of nitrogens with zero attached hydrogens (tertiary/aromatic N) is 4. The van der Waals surface area contributed by atoms with E-state index >= 15 is 0 Å². The van der Waals surface area contributed by atoms with Gasteiger partial charge in [0.2, 0.25) is 5.82 Å². The zero-order chi connectivity index (χ0) is 24.9. The summed E-state index contributed by atoms with van der Waals surface area (Å²) in [6.45, 7) is 13.1. The topological polar surface area (TPSA) is 79.7 Å². The number of nitrogens with one attached hydrogen (secondary N) is 1. The van der Waals surface area contributed by atoms with Crippen molar-refractivity contribution in [3.05, 3.63) is 58.1 Å². The number of carbonyl (C=O) groups excluding carboxylic acids is 2. The van der Waals surface area contributed by atoms with E-state index in [1.807, 2.05) is 40.6 Å². The Bertz CT molecular complexity index is 1230. The fraction of sp³-hybridized carbons (Fsp3) is 0.440. The number of halogens is 1. The minimum absolute atomic E-state index is 0.221. The van der Waals surface area contributed by atoms with Crippen molar-refractivity contribution in [2.75, 3.05) is 11.4 Å². The van der Waals surface area contributed by atoms with Gasteiger partial charge in [-0.1, -0.05) is 0 Å². The molecular weight excluding hydrogens is 437 g/mol. The smallest absolute Gasteiger partial charge is 0.410 e. The average Bonchev–Trinajstić information content (AvgIpc) is 3.30. The van der Waals surface area contributed by atoms with Crippen molar-refractivity contribution < 1.29 is 18.7 Å². The second-order valence-electron chi connectivity index (χ2n) is 9.85. The second kappa shape index (κ2) is 8.33. The van der Waals surface area contributed by atoms with Gasteiger partial charge in [0.05, 0.1) is 17.4 Å². The summed E-state index contributed by atoms with van der Waals surface area (Å²) in [5.74, 6) is 2.51. The zero-order valence-electron chi connectivity index (χ0n) is 20.6. The molecule has 9 heteroatoms. The number of aryl methyl sites for hydroxylation is 2. The van der Waals surface area contributed by atoms with Crippen LogP contribution < -0.4 is 10.2 Å². The van der Waals surface area contributed by atoms with Crippen LogP contribution in [-0.4, -0.2) is 38.9 Å². The number of aromatic nitrogens is 2. The molecular formula is C25H30FN5O3. The highest BCUT2D eigenvalue weighted by Crippen LogP contribution is 2.41. The summed E-state index contributed by atoms with van der Waals surface area (Å²) < 4.78 is 21.7. The van der Waals surface area contributed by atoms with E-state index in [2.05, 4.69) is 5.32 Å². The molecule has 2 aromatic rings. The first-order valence-electron chi connectivity index (χ1n) is 11.3. The molecule has 0 aliphatic carbocycles. The normalized spacial score (nSPS) is 17.8. The molecule has 2 aliphatic rings. The van der Waals surface area contributed by atoms with Gasteiger partial charge in [-0.2, -0.15) is 5.10 Å². The first kappa shape index (κ1) is 23.6. The third-order valence-corrected chi connectivity index (χ3v) is 5.95. The number of hydrogen-bond acceptors (Lipinski definition) is 6. The van der Waals surface area contributed by atoms with E-state index in [0.29, 0.717) is 35.6 Å². The Morgan fingerprint density at radius 2 is 1.88 bits per heavy atom. The lowest BCUT2D eigenvalue weighted by Gasteiger charge is -2.35. The Labute approximate surface area is 198 Å². The zero-order valence-corrected chi connectivity index (χ0v) is 20.6. The first-order valence-corrected chi connectivity index (χ1v) is 11.3. The van der Waals surface area contributed by atoms with Crippen molar-refractivity contribution in [2.24, 2.45) is 0 Å². The van der Waals surface area contributed by atoms with Crippen molar-refractivity contribution in [3.8, 4) is 5.69 Å². The van der Waals surface area contributed by atoms with E-state index in [1.165, 1.54) is 0 Å². The molecule has 0 unspecified atom stereocenters.